The van der Waals surface area contributed by atoms with Gasteiger partial charge in [0.05, 0.1) is 18.4 Å². The van der Waals surface area contributed by atoms with Crippen LogP contribution >= 0.6 is 15.9 Å². The molecule has 2 aliphatic heterocycles. The molecule has 3 heterocycles. The molecule has 1 saturated heterocycles. The fourth-order valence-electron chi connectivity index (χ4n) is 3.42. The maximum absolute atomic E-state index is 13.4. The molecule has 5 nitrogen and oxygen atoms in total. The van der Waals surface area contributed by atoms with E-state index in [4.69, 9.17) is 10.5 Å². The first kappa shape index (κ1) is 14.8. The second kappa shape index (κ2) is 5.42. The van der Waals surface area contributed by atoms with Crippen LogP contribution < -0.4 is 15.4 Å². The number of nitrogens with two attached hydrogens (primary N) is 1. The molecule has 4 rings (SSSR count). The molecule has 1 atom stereocenters. The van der Waals surface area contributed by atoms with Crippen molar-refractivity contribution >= 4 is 21.7 Å². The summed E-state index contributed by atoms with van der Waals surface area (Å²) in [6.45, 7) is 1.56. The summed E-state index contributed by atoms with van der Waals surface area (Å²) >= 11 is 3.29. The van der Waals surface area contributed by atoms with Crippen molar-refractivity contribution in [1.82, 2.24) is 9.97 Å². The van der Waals surface area contributed by atoms with Crippen molar-refractivity contribution < 1.29 is 9.13 Å². The monoisotopic (exact) mass is 378 g/mol. The molecule has 2 N–H and O–H groups in total. The number of halogens is 2. The Kier molecular flexibility index (Phi) is 3.50. The summed E-state index contributed by atoms with van der Waals surface area (Å²) < 4.78 is 20.2. The molecule has 0 amide bonds. The van der Waals surface area contributed by atoms with E-state index in [0.29, 0.717) is 10.4 Å². The molecule has 23 heavy (non-hydrogen) atoms. The van der Waals surface area contributed by atoms with Gasteiger partial charge in [-0.3, -0.25) is 0 Å². The lowest BCUT2D eigenvalue weighted by Gasteiger charge is -2.41. The van der Waals surface area contributed by atoms with Crippen LogP contribution in [0.15, 0.2) is 35.2 Å². The largest absolute Gasteiger partial charge is 0.485 e. The molecule has 2 aliphatic rings. The Hall–Kier alpha value is -1.73. The predicted molar refractivity (Wildman–Crippen MR) is 87.9 cm³/mol. The van der Waals surface area contributed by atoms with Gasteiger partial charge in [-0.15, -0.1) is 0 Å². The number of piperidine rings is 1. The van der Waals surface area contributed by atoms with Crippen molar-refractivity contribution in [2.24, 2.45) is 5.73 Å². The van der Waals surface area contributed by atoms with Crippen molar-refractivity contribution in [3.8, 4) is 5.75 Å². The summed E-state index contributed by atoms with van der Waals surface area (Å²) in [4.78, 5) is 10.8. The molecule has 1 aromatic heterocycles. The van der Waals surface area contributed by atoms with Crippen LogP contribution in [0.1, 0.15) is 24.4 Å². The van der Waals surface area contributed by atoms with Gasteiger partial charge in [0, 0.05) is 37.6 Å². The van der Waals surface area contributed by atoms with Crippen molar-refractivity contribution in [2.75, 3.05) is 18.0 Å². The van der Waals surface area contributed by atoms with E-state index in [1.54, 1.807) is 18.5 Å². The number of nitrogens with zero attached hydrogens (tertiary/aromatic N) is 3. The molecular weight excluding hydrogens is 363 g/mol. The van der Waals surface area contributed by atoms with Gasteiger partial charge in [0.15, 0.2) is 0 Å². The van der Waals surface area contributed by atoms with Gasteiger partial charge in [0.2, 0.25) is 0 Å². The highest BCUT2D eigenvalue weighted by molar-refractivity contribution is 9.10. The fraction of sp³-hybridized carbons (Fsp3) is 0.375. The van der Waals surface area contributed by atoms with Crippen LogP contribution in [0.4, 0.5) is 10.2 Å². The molecule has 0 radical (unpaired) electrons. The van der Waals surface area contributed by atoms with Crippen LogP contribution in [0, 0.1) is 5.82 Å². The smallest absolute Gasteiger partial charge is 0.147 e. The zero-order chi connectivity index (χ0) is 16.0. The Bertz CT molecular complexity index is 731. The third kappa shape index (κ3) is 2.48. The van der Waals surface area contributed by atoms with Crippen molar-refractivity contribution in [1.29, 1.82) is 0 Å². The fourth-order valence-corrected chi connectivity index (χ4v) is 3.62. The highest BCUT2D eigenvalue weighted by Gasteiger charge is 2.48. The highest BCUT2D eigenvalue weighted by atomic mass is 79.9. The first-order chi connectivity index (χ1) is 11.1. The molecule has 0 saturated carbocycles. The summed E-state index contributed by atoms with van der Waals surface area (Å²) in [5, 5.41) is 0. The number of aromatic nitrogens is 2. The van der Waals surface area contributed by atoms with Crippen LogP contribution in [0.3, 0.4) is 0 Å². The van der Waals surface area contributed by atoms with Crippen LogP contribution in [0.25, 0.3) is 0 Å². The van der Waals surface area contributed by atoms with E-state index < -0.39 is 5.60 Å². The molecule has 1 fully saturated rings. The second-order valence-corrected chi connectivity index (χ2v) is 6.82. The van der Waals surface area contributed by atoms with Gasteiger partial charge in [-0.1, -0.05) is 6.07 Å². The first-order valence-corrected chi connectivity index (χ1v) is 8.33. The van der Waals surface area contributed by atoms with Gasteiger partial charge >= 0.3 is 0 Å². The Morgan fingerprint density at radius 2 is 2.04 bits per heavy atom. The van der Waals surface area contributed by atoms with Gasteiger partial charge in [-0.25, -0.2) is 14.4 Å². The maximum atomic E-state index is 13.4. The number of anilines is 1. The average Bonchev–Trinajstić information content (AvgIpc) is 2.81. The van der Waals surface area contributed by atoms with E-state index in [2.05, 4.69) is 30.8 Å². The zero-order valence-corrected chi connectivity index (χ0v) is 14.0. The summed E-state index contributed by atoms with van der Waals surface area (Å²) in [6, 6.07) is 4.37. The highest BCUT2D eigenvalue weighted by Crippen LogP contribution is 2.47. The lowest BCUT2D eigenvalue weighted by molar-refractivity contribution is 0.0429. The van der Waals surface area contributed by atoms with E-state index in [1.165, 1.54) is 12.1 Å². The minimum absolute atomic E-state index is 0.226. The van der Waals surface area contributed by atoms with E-state index in [9.17, 15) is 4.39 Å². The Labute approximate surface area is 141 Å². The van der Waals surface area contributed by atoms with Crippen LogP contribution in [-0.4, -0.2) is 28.7 Å². The standard InChI is InChI=1S/C16H16BrFN4O/c17-13-8-21-14(9-20-13)22-5-3-16(4-6-22)15(19)11-2-1-10(18)7-12(11)23-16/h1-2,7-9,15H,3-6,19H2/t15-/m1/s1. The lowest BCUT2D eigenvalue weighted by atomic mass is 9.83. The third-order valence-electron chi connectivity index (χ3n) is 4.73. The quantitative estimate of drug-likeness (QED) is 0.826. The van der Waals surface area contributed by atoms with Gasteiger partial charge in [-0.05, 0) is 22.0 Å². The molecule has 2 aromatic rings. The Morgan fingerprint density at radius 1 is 1.26 bits per heavy atom. The van der Waals surface area contributed by atoms with Gasteiger partial charge < -0.3 is 15.4 Å². The topological polar surface area (TPSA) is 64.3 Å². The predicted octanol–water partition coefficient (Wildman–Crippen LogP) is 2.81. The van der Waals surface area contributed by atoms with Crippen molar-refractivity contribution in [2.45, 2.75) is 24.5 Å². The number of benzene rings is 1. The molecule has 0 unspecified atom stereocenters. The van der Waals surface area contributed by atoms with Crippen LogP contribution in [0.5, 0.6) is 5.75 Å². The molecule has 7 heteroatoms. The van der Waals surface area contributed by atoms with E-state index in [0.717, 1.165) is 37.3 Å². The zero-order valence-electron chi connectivity index (χ0n) is 12.4. The minimum Gasteiger partial charge on any atom is -0.485 e. The number of hydrogen-bond acceptors (Lipinski definition) is 5. The van der Waals surface area contributed by atoms with E-state index >= 15 is 0 Å². The first-order valence-electron chi connectivity index (χ1n) is 7.54. The van der Waals surface area contributed by atoms with Crippen molar-refractivity contribution in [3.63, 3.8) is 0 Å². The minimum atomic E-state index is -0.449. The molecule has 0 aliphatic carbocycles. The van der Waals surface area contributed by atoms with Crippen LogP contribution in [-0.2, 0) is 0 Å². The number of ether oxygens (including phenoxy) is 1. The van der Waals surface area contributed by atoms with Crippen LogP contribution in [0.2, 0.25) is 0 Å². The summed E-state index contributed by atoms with van der Waals surface area (Å²) in [6.07, 6.45) is 4.97. The SMILES string of the molecule is N[C@@H]1c2ccc(F)cc2OC12CCN(c1cnc(Br)cn1)CC2. The Balaban J connectivity index is 1.52. The normalized spacial score (nSPS) is 22.0. The molecule has 1 aromatic carbocycles. The van der Waals surface area contributed by atoms with Gasteiger partial charge in [-0.2, -0.15) is 0 Å². The van der Waals surface area contributed by atoms with Gasteiger partial charge in [0.1, 0.15) is 27.6 Å². The van der Waals surface area contributed by atoms with Gasteiger partial charge in [0.25, 0.3) is 0 Å². The lowest BCUT2D eigenvalue weighted by Crippen LogP contribution is -2.51. The average molecular weight is 379 g/mol. The maximum Gasteiger partial charge on any atom is 0.147 e. The molecule has 0 bridgehead atoms. The molecule has 120 valence electrons. The van der Waals surface area contributed by atoms with Crippen molar-refractivity contribution in [3.05, 3.63) is 46.6 Å². The second-order valence-electron chi connectivity index (χ2n) is 6.01. The molecular formula is C16H16BrFN4O. The van der Waals surface area contributed by atoms with E-state index in [1.807, 2.05) is 0 Å². The summed E-state index contributed by atoms with van der Waals surface area (Å²) in [7, 11) is 0. The molecule has 1 spiro atoms. The Morgan fingerprint density at radius 3 is 2.74 bits per heavy atom. The summed E-state index contributed by atoms with van der Waals surface area (Å²) in [5.74, 6) is 1.13. The summed E-state index contributed by atoms with van der Waals surface area (Å²) in [5.41, 5.74) is 6.85. The number of fused-ring (bicyclic) bond motifs is 1. The third-order valence-corrected chi connectivity index (χ3v) is 5.14. The number of hydrogen-bond donors (Lipinski definition) is 1. The number of rotatable bonds is 1. The van der Waals surface area contributed by atoms with E-state index in [-0.39, 0.29) is 11.9 Å².